The maximum atomic E-state index is 5.56. The van der Waals surface area contributed by atoms with Crippen molar-refractivity contribution in [1.29, 1.82) is 0 Å². The molecule has 4 rings (SSSR count). The van der Waals surface area contributed by atoms with E-state index in [9.17, 15) is 0 Å². The largest absolute Gasteiger partial charge is 0.339 e. The first-order valence-electron chi connectivity index (χ1n) is 9.58. The van der Waals surface area contributed by atoms with E-state index >= 15 is 0 Å². The van der Waals surface area contributed by atoms with Gasteiger partial charge in [-0.25, -0.2) is 0 Å². The number of nitrogens with zero attached hydrogens (tertiary/aromatic N) is 3. The first kappa shape index (κ1) is 16.7. The van der Waals surface area contributed by atoms with Crippen LogP contribution in [-0.2, 0) is 6.42 Å². The van der Waals surface area contributed by atoms with Crippen LogP contribution < -0.4 is 5.32 Å². The zero-order valence-corrected chi connectivity index (χ0v) is 15.0. The standard InChI is InChI=1S/C20H28N4O/c1-24-12-11-21-14-18(24)20-22-19(25-23-20)13-15-7-9-17(10-8-15)16-5-3-2-4-6-16/h2-6,15,17-18,21H,7-14H2,1H3. The van der Waals surface area contributed by atoms with E-state index in [1.165, 1.54) is 31.2 Å². The highest BCUT2D eigenvalue weighted by Gasteiger charge is 2.27. The maximum absolute atomic E-state index is 5.56. The van der Waals surface area contributed by atoms with Crippen LogP contribution in [0.3, 0.4) is 0 Å². The van der Waals surface area contributed by atoms with Crippen LogP contribution in [0.25, 0.3) is 0 Å². The minimum Gasteiger partial charge on any atom is -0.339 e. The van der Waals surface area contributed by atoms with E-state index in [1.54, 1.807) is 0 Å². The topological polar surface area (TPSA) is 54.2 Å². The average Bonchev–Trinajstić information content (AvgIpc) is 3.12. The first-order valence-corrected chi connectivity index (χ1v) is 9.58. The molecule has 1 aromatic carbocycles. The van der Waals surface area contributed by atoms with E-state index in [4.69, 9.17) is 9.51 Å². The molecule has 134 valence electrons. The van der Waals surface area contributed by atoms with Crippen molar-refractivity contribution in [3.05, 3.63) is 47.6 Å². The third-order valence-electron chi connectivity index (χ3n) is 5.87. The summed E-state index contributed by atoms with van der Waals surface area (Å²) in [6, 6.07) is 11.2. The molecule has 25 heavy (non-hydrogen) atoms. The van der Waals surface area contributed by atoms with Gasteiger partial charge in [0.2, 0.25) is 5.89 Å². The van der Waals surface area contributed by atoms with E-state index < -0.39 is 0 Å². The van der Waals surface area contributed by atoms with E-state index in [0.717, 1.165) is 43.7 Å². The number of piperazine rings is 1. The highest BCUT2D eigenvalue weighted by molar-refractivity contribution is 5.19. The van der Waals surface area contributed by atoms with Gasteiger partial charge in [-0.2, -0.15) is 4.98 Å². The summed E-state index contributed by atoms with van der Waals surface area (Å²) in [6.45, 7) is 2.96. The van der Waals surface area contributed by atoms with Gasteiger partial charge in [0.25, 0.3) is 0 Å². The lowest BCUT2D eigenvalue weighted by molar-refractivity contribution is 0.190. The lowest BCUT2D eigenvalue weighted by Crippen LogP contribution is -2.44. The van der Waals surface area contributed by atoms with Gasteiger partial charge in [0.05, 0.1) is 6.04 Å². The highest BCUT2D eigenvalue weighted by Crippen LogP contribution is 2.36. The fourth-order valence-corrected chi connectivity index (χ4v) is 4.25. The van der Waals surface area contributed by atoms with Gasteiger partial charge in [-0.3, -0.25) is 4.90 Å². The van der Waals surface area contributed by atoms with Crippen molar-refractivity contribution in [3.63, 3.8) is 0 Å². The van der Waals surface area contributed by atoms with Crippen molar-refractivity contribution in [2.45, 2.75) is 44.1 Å². The molecule has 2 aliphatic rings. The molecule has 5 heteroatoms. The molecule has 1 aliphatic heterocycles. The predicted molar refractivity (Wildman–Crippen MR) is 97.4 cm³/mol. The van der Waals surface area contributed by atoms with Crippen LogP contribution in [-0.4, -0.2) is 41.7 Å². The highest BCUT2D eigenvalue weighted by atomic mass is 16.5. The van der Waals surface area contributed by atoms with Crippen molar-refractivity contribution in [3.8, 4) is 0 Å². The van der Waals surface area contributed by atoms with E-state index in [0.29, 0.717) is 5.92 Å². The molecule has 1 unspecified atom stereocenters. The molecule has 1 aliphatic carbocycles. The minimum atomic E-state index is 0.236. The van der Waals surface area contributed by atoms with Gasteiger partial charge >= 0.3 is 0 Å². The zero-order valence-electron chi connectivity index (χ0n) is 15.0. The lowest BCUT2D eigenvalue weighted by atomic mass is 9.77. The third kappa shape index (κ3) is 3.93. The van der Waals surface area contributed by atoms with Crippen LogP contribution in [0, 0.1) is 5.92 Å². The van der Waals surface area contributed by atoms with Crippen LogP contribution in [0.5, 0.6) is 0 Å². The van der Waals surface area contributed by atoms with Crippen LogP contribution >= 0.6 is 0 Å². The summed E-state index contributed by atoms with van der Waals surface area (Å²) in [4.78, 5) is 7.00. The molecule has 1 N–H and O–H groups in total. The van der Waals surface area contributed by atoms with Crippen molar-refractivity contribution in [2.75, 3.05) is 26.7 Å². The van der Waals surface area contributed by atoms with Crippen LogP contribution in [0.1, 0.15) is 54.9 Å². The number of likely N-dealkylation sites (N-methyl/N-ethyl adjacent to an activating group) is 1. The number of benzene rings is 1. The predicted octanol–water partition coefficient (Wildman–Crippen LogP) is 3.16. The van der Waals surface area contributed by atoms with Crippen LogP contribution in [0.2, 0.25) is 0 Å². The van der Waals surface area contributed by atoms with Gasteiger partial charge in [-0.05, 0) is 50.1 Å². The normalized spacial score (nSPS) is 28.1. The van der Waals surface area contributed by atoms with Gasteiger partial charge in [-0.1, -0.05) is 35.5 Å². The summed E-state index contributed by atoms with van der Waals surface area (Å²) >= 11 is 0. The number of hydrogen-bond donors (Lipinski definition) is 1. The SMILES string of the molecule is CN1CCNCC1c1noc(CC2CCC(c3ccccc3)CC2)n1. The second kappa shape index (κ2) is 7.67. The molecule has 2 heterocycles. The Morgan fingerprint density at radius 1 is 1.16 bits per heavy atom. The Balaban J connectivity index is 1.32. The molecular formula is C20H28N4O. The summed E-state index contributed by atoms with van der Waals surface area (Å²) in [5.74, 6) is 3.05. The van der Waals surface area contributed by atoms with Crippen LogP contribution in [0.4, 0.5) is 0 Å². The van der Waals surface area contributed by atoms with E-state index in [-0.39, 0.29) is 6.04 Å². The molecule has 1 saturated carbocycles. The Hall–Kier alpha value is -1.72. The van der Waals surface area contributed by atoms with Crippen molar-refractivity contribution in [2.24, 2.45) is 5.92 Å². The molecule has 0 amide bonds. The quantitative estimate of drug-likeness (QED) is 0.926. The molecule has 0 spiro atoms. The molecule has 2 aromatic rings. The van der Waals surface area contributed by atoms with Crippen LogP contribution in [0.15, 0.2) is 34.9 Å². The zero-order chi connectivity index (χ0) is 17.1. The van der Waals surface area contributed by atoms with Crippen molar-refractivity contribution in [1.82, 2.24) is 20.4 Å². The Kier molecular flexibility index (Phi) is 5.13. The van der Waals surface area contributed by atoms with Gasteiger partial charge < -0.3 is 9.84 Å². The van der Waals surface area contributed by atoms with Crippen molar-refractivity contribution < 1.29 is 4.52 Å². The second-order valence-corrected chi connectivity index (χ2v) is 7.58. The molecule has 5 nitrogen and oxygen atoms in total. The number of aromatic nitrogens is 2. The Bertz CT molecular complexity index is 663. The summed E-state index contributed by atoms with van der Waals surface area (Å²) in [5, 5.41) is 7.66. The van der Waals surface area contributed by atoms with Gasteiger partial charge in [-0.15, -0.1) is 0 Å². The summed E-state index contributed by atoms with van der Waals surface area (Å²) in [5.41, 5.74) is 1.49. The summed E-state index contributed by atoms with van der Waals surface area (Å²) < 4.78 is 5.56. The monoisotopic (exact) mass is 340 g/mol. The first-order chi connectivity index (χ1) is 12.3. The maximum Gasteiger partial charge on any atom is 0.226 e. The number of nitrogens with one attached hydrogen (secondary N) is 1. The third-order valence-corrected chi connectivity index (χ3v) is 5.87. The Labute approximate surface area is 149 Å². The Morgan fingerprint density at radius 2 is 1.96 bits per heavy atom. The average molecular weight is 340 g/mol. The lowest BCUT2D eigenvalue weighted by Gasteiger charge is -2.30. The van der Waals surface area contributed by atoms with E-state index in [2.05, 4.69) is 52.8 Å². The fourth-order valence-electron chi connectivity index (χ4n) is 4.25. The van der Waals surface area contributed by atoms with Gasteiger partial charge in [0, 0.05) is 26.1 Å². The van der Waals surface area contributed by atoms with Gasteiger partial charge in [0.15, 0.2) is 5.82 Å². The van der Waals surface area contributed by atoms with E-state index in [1.807, 2.05) is 0 Å². The van der Waals surface area contributed by atoms with Crippen molar-refractivity contribution >= 4 is 0 Å². The Morgan fingerprint density at radius 3 is 2.72 bits per heavy atom. The molecule has 1 saturated heterocycles. The molecule has 1 atom stereocenters. The molecule has 0 radical (unpaired) electrons. The van der Waals surface area contributed by atoms with Gasteiger partial charge in [0.1, 0.15) is 0 Å². The second-order valence-electron chi connectivity index (χ2n) is 7.58. The summed E-state index contributed by atoms with van der Waals surface area (Å²) in [6.07, 6.45) is 5.97. The number of rotatable bonds is 4. The fraction of sp³-hybridized carbons (Fsp3) is 0.600. The minimum absolute atomic E-state index is 0.236. The smallest absolute Gasteiger partial charge is 0.226 e. The molecule has 0 bridgehead atoms. The molecule has 2 fully saturated rings. The number of hydrogen-bond acceptors (Lipinski definition) is 5. The molecule has 1 aromatic heterocycles. The summed E-state index contributed by atoms with van der Waals surface area (Å²) in [7, 11) is 2.13. The molecular weight excluding hydrogens is 312 g/mol.